The van der Waals surface area contributed by atoms with E-state index in [0.717, 1.165) is 39.3 Å². The summed E-state index contributed by atoms with van der Waals surface area (Å²) in [6.07, 6.45) is 1.23. The molecule has 2 saturated heterocycles. The number of nitrogens with zero attached hydrogens (tertiary/aromatic N) is 2. The summed E-state index contributed by atoms with van der Waals surface area (Å²) < 4.78 is 5.31. The van der Waals surface area contributed by atoms with Gasteiger partial charge in [-0.25, -0.2) is 0 Å². The summed E-state index contributed by atoms with van der Waals surface area (Å²) in [5.74, 6) is -1.23. The molecule has 120 valence electrons. The van der Waals surface area contributed by atoms with Crippen LogP contribution in [0.1, 0.15) is 26.7 Å². The zero-order valence-electron chi connectivity index (χ0n) is 13.0. The minimum Gasteiger partial charge on any atom is -0.481 e. The molecule has 2 heterocycles. The van der Waals surface area contributed by atoms with Crippen LogP contribution in [0.2, 0.25) is 0 Å². The smallest absolute Gasteiger partial charge is 0.308 e. The molecule has 2 aliphatic rings. The van der Waals surface area contributed by atoms with E-state index in [4.69, 9.17) is 4.74 Å². The van der Waals surface area contributed by atoms with Gasteiger partial charge in [-0.05, 0) is 19.3 Å². The van der Waals surface area contributed by atoms with Gasteiger partial charge in [-0.1, -0.05) is 6.92 Å². The zero-order chi connectivity index (χ0) is 15.4. The second-order valence-electron chi connectivity index (χ2n) is 6.18. The number of amides is 1. The Labute approximate surface area is 126 Å². The lowest BCUT2D eigenvalue weighted by Gasteiger charge is -2.41. The highest BCUT2D eigenvalue weighted by Crippen LogP contribution is 2.30. The van der Waals surface area contributed by atoms with Crippen molar-refractivity contribution >= 4 is 11.9 Å². The molecule has 0 aliphatic carbocycles. The maximum Gasteiger partial charge on any atom is 0.308 e. The van der Waals surface area contributed by atoms with E-state index in [1.807, 2.05) is 13.8 Å². The minimum absolute atomic E-state index is 0.0829. The van der Waals surface area contributed by atoms with Crippen LogP contribution in [-0.2, 0) is 14.3 Å². The second kappa shape index (κ2) is 7.22. The molecule has 2 fully saturated rings. The van der Waals surface area contributed by atoms with Crippen LogP contribution in [0, 0.1) is 11.8 Å². The highest BCUT2D eigenvalue weighted by molar-refractivity contribution is 5.81. The van der Waals surface area contributed by atoms with Crippen molar-refractivity contribution in [3.05, 3.63) is 0 Å². The summed E-state index contributed by atoms with van der Waals surface area (Å²) in [5.41, 5.74) is 0. The molecule has 3 unspecified atom stereocenters. The highest BCUT2D eigenvalue weighted by Gasteiger charge is 2.41. The summed E-state index contributed by atoms with van der Waals surface area (Å²) in [6.45, 7) is 8.74. The largest absolute Gasteiger partial charge is 0.481 e. The Kier molecular flexibility index (Phi) is 5.58. The Balaban J connectivity index is 1.85. The number of aliphatic carboxylic acids is 1. The van der Waals surface area contributed by atoms with E-state index in [-0.39, 0.29) is 17.9 Å². The quantitative estimate of drug-likeness (QED) is 0.808. The van der Waals surface area contributed by atoms with E-state index in [1.165, 1.54) is 0 Å². The Morgan fingerprint density at radius 1 is 1.29 bits per heavy atom. The highest BCUT2D eigenvalue weighted by atomic mass is 16.5. The van der Waals surface area contributed by atoms with Crippen LogP contribution in [0.3, 0.4) is 0 Å². The summed E-state index contributed by atoms with van der Waals surface area (Å²) in [7, 11) is 0. The Morgan fingerprint density at radius 2 is 1.95 bits per heavy atom. The maximum atomic E-state index is 12.2. The topological polar surface area (TPSA) is 70.1 Å². The van der Waals surface area contributed by atoms with Crippen LogP contribution in [0.5, 0.6) is 0 Å². The zero-order valence-corrected chi connectivity index (χ0v) is 13.0. The fourth-order valence-electron chi connectivity index (χ4n) is 3.48. The van der Waals surface area contributed by atoms with E-state index in [9.17, 15) is 14.7 Å². The van der Waals surface area contributed by atoms with Crippen molar-refractivity contribution in [1.29, 1.82) is 0 Å². The molecule has 6 heteroatoms. The fourth-order valence-corrected chi connectivity index (χ4v) is 3.48. The van der Waals surface area contributed by atoms with Crippen LogP contribution in [-0.4, -0.2) is 72.2 Å². The SMILES string of the molecule is CC1CC(=O)N(CCCN2CCOCC2)C(C)C1C(=O)O. The molecular weight excluding hydrogens is 272 g/mol. The number of carboxylic acid groups (broad SMARTS) is 1. The van der Waals surface area contributed by atoms with Gasteiger partial charge in [-0.3, -0.25) is 14.5 Å². The predicted octanol–water partition coefficient (Wildman–Crippen LogP) is 0.666. The second-order valence-corrected chi connectivity index (χ2v) is 6.18. The molecule has 0 aromatic carbocycles. The van der Waals surface area contributed by atoms with E-state index in [0.29, 0.717) is 13.0 Å². The molecule has 2 rings (SSSR count). The molecule has 2 aliphatic heterocycles. The Morgan fingerprint density at radius 3 is 2.57 bits per heavy atom. The van der Waals surface area contributed by atoms with Crippen molar-refractivity contribution in [2.45, 2.75) is 32.7 Å². The molecule has 0 aromatic heterocycles. The number of carbonyl (C=O) groups is 2. The fraction of sp³-hybridized carbons (Fsp3) is 0.867. The van der Waals surface area contributed by atoms with Gasteiger partial charge >= 0.3 is 5.97 Å². The van der Waals surface area contributed by atoms with E-state index >= 15 is 0 Å². The number of hydrogen-bond acceptors (Lipinski definition) is 4. The van der Waals surface area contributed by atoms with Crippen molar-refractivity contribution in [3.63, 3.8) is 0 Å². The molecule has 6 nitrogen and oxygen atoms in total. The number of carboxylic acids is 1. The lowest BCUT2D eigenvalue weighted by atomic mass is 9.81. The Hall–Kier alpha value is -1.14. The molecule has 3 atom stereocenters. The standard InChI is InChI=1S/C15H26N2O4/c1-11-10-13(18)17(12(2)14(11)15(19)20)5-3-4-16-6-8-21-9-7-16/h11-12,14H,3-10H2,1-2H3,(H,19,20). The van der Waals surface area contributed by atoms with Crippen LogP contribution in [0.25, 0.3) is 0 Å². The molecule has 0 bridgehead atoms. The van der Waals surface area contributed by atoms with Crippen molar-refractivity contribution in [2.75, 3.05) is 39.4 Å². The van der Waals surface area contributed by atoms with Gasteiger partial charge in [0, 0.05) is 38.6 Å². The first-order valence-corrected chi connectivity index (χ1v) is 7.83. The molecule has 1 amide bonds. The predicted molar refractivity (Wildman–Crippen MR) is 78.0 cm³/mol. The number of likely N-dealkylation sites (tertiary alicyclic amines) is 1. The number of morpholine rings is 1. The first kappa shape index (κ1) is 16.2. The average Bonchev–Trinajstić information content (AvgIpc) is 2.42. The van der Waals surface area contributed by atoms with Gasteiger partial charge in [0.2, 0.25) is 5.91 Å². The molecular formula is C15H26N2O4. The molecule has 0 aromatic rings. The maximum absolute atomic E-state index is 12.2. The normalized spacial score (nSPS) is 31.4. The number of piperidine rings is 1. The van der Waals surface area contributed by atoms with Gasteiger partial charge in [0.1, 0.15) is 0 Å². The van der Waals surface area contributed by atoms with Gasteiger partial charge < -0.3 is 14.7 Å². The molecule has 0 spiro atoms. The van der Waals surface area contributed by atoms with Crippen molar-refractivity contribution < 1.29 is 19.4 Å². The van der Waals surface area contributed by atoms with Gasteiger partial charge in [0.05, 0.1) is 19.1 Å². The van der Waals surface area contributed by atoms with Gasteiger partial charge in [-0.15, -0.1) is 0 Å². The first-order chi connectivity index (χ1) is 10.0. The number of hydrogen-bond donors (Lipinski definition) is 1. The summed E-state index contributed by atoms with van der Waals surface area (Å²) >= 11 is 0. The van der Waals surface area contributed by atoms with Gasteiger partial charge in [0.15, 0.2) is 0 Å². The first-order valence-electron chi connectivity index (χ1n) is 7.83. The summed E-state index contributed by atoms with van der Waals surface area (Å²) in [6, 6.07) is -0.219. The minimum atomic E-state index is -0.791. The van der Waals surface area contributed by atoms with Gasteiger partial charge in [0.25, 0.3) is 0 Å². The average molecular weight is 298 g/mol. The molecule has 21 heavy (non-hydrogen) atoms. The van der Waals surface area contributed by atoms with Crippen molar-refractivity contribution in [1.82, 2.24) is 9.80 Å². The number of ether oxygens (including phenoxy) is 1. The van der Waals surface area contributed by atoms with Gasteiger partial charge in [-0.2, -0.15) is 0 Å². The van der Waals surface area contributed by atoms with Crippen molar-refractivity contribution in [3.8, 4) is 0 Å². The van der Waals surface area contributed by atoms with Crippen LogP contribution in [0.15, 0.2) is 0 Å². The lowest BCUT2D eigenvalue weighted by molar-refractivity contribution is -0.154. The molecule has 0 radical (unpaired) electrons. The third-order valence-electron chi connectivity index (χ3n) is 4.70. The summed E-state index contributed by atoms with van der Waals surface area (Å²) in [5, 5.41) is 9.35. The molecule has 0 saturated carbocycles. The summed E-state index contributed by atoms with van der Waals surface area (Å²) in [4.78, 5) is 27.6. The third-order valence-corrected chi connectivity index (χ3v) is 4.70. The Bertz CT molecular complexity index is 382. The molecule has 1 N–H and O–H groups in total. The monoisotopic (exact) mass is 298 g/mol. The van der Waals surface area contributed by atoms with E-state index in [1.54, 1.807) is 4.90 Å². The van der Waals surface area contributed by atoms with Crippen LogP contribution in [0.4, 0.5) is 0 Å². The number of rotatable bonds is 5. The van der Waals surface area contributed by atoms with Crippen LogP contribution < -0.4 is 0 Å². The van der Waals surface area contributed by atoms with Crippen molar-refractivity contribution in [2.24, 2.45) is 11.8 Å². The third kappa shape index (κ3) is 3.95. The van der Waals surface area contributed by atoms with Crippen LogP contribution >= 0.6 is 0 Å². The number of carbonyl (C=O) groups excluding carboxylic acids is 1. The van der Waals surface area contributed by atoms with E-state index < -0.39 is 11.9 Å². The lowest BCUT2D eigenvalue weighted by Crippen LogP contribution is -2.53. The van der Waals surface area contributed by atoms with E-state index in [2.05, 4.69) is 4.90 Å².